The van der Waals surface area contributed by atoms with Crippen LogP contribution in [0.15, 0.2) is 41.7 Å². The molecule has 126 valence electrons. The van der Waals surface area contributed by atoms with E-state index in [4.69, 9.17) is 0 Å². The zero-order chi connectivity index (χ0) is 17.5. The average molecular weight is 338 g/mol. The number of aryl methyl sites for hydroxylation is 1. The predicted octanol–water partition coefficient (Wildman–Crippen LogP) is 1.88. The van der Waals surface area contributed by atoms with Gasteiger partial charge in [-0.3, -0.25) is 9.36 Å². The molecule has 1 atom stereocenters. The Morgan fingerprint density at radius 1 is 1.25 bits per heavy atom. The molecule has 0 saturated carbocycles. The highest BCUT2D eigenvalue weighted by Crippen LogP contribution is 2.30. The Morgan fingerprint density at radius 3 is 2.71 bits per heavy atom. The van der Waals surface area contributed by atoms with Gasteiger partial charge in [0.2, 0.25) is 0 Å². The summed E-state index contributed by atoms with van der Waals surface area (Å²) >= 11 is 0. The van der Waals surface area contributed by atoms with Gasteiger partial charge < -0.3 is 9.67 Å². The van der Waals surface area contributed by atoms with Crippen molar-refractivity contribution in [2.75, 3.05) is 0 Å². The van der Waals surface area contributed by atoms with Gasteiger partial charge in [0.15, 0.2) is 11.2 Å². The Labute approximate surface area is 133 Å². The van der Waals surface area contributed by atoms with Gasteiger partial charge in [0.05, 0.1) is 24.5 Å². The second-order valence-electron chi connectivity index (χ2n) is 5.37. The molecule has 0 radical (unpaired) electrons. The molecule has 1 unspecified atom stereocenters. The molecule has 3 rings (SSSR count). The van der Waals surface area contributed by atoms with Crippen molar-refractivity contribution in [1.82, 2.24) is 19.1 Å². The van der Waals surface area contributed by atoms with Crippen LogP contribution in [-0.4, -0.2) is 24.2 Å². The van der Waals surface area contributed by atoms with Crippen LogP contribution in [0, 0.1) is 0 Å². The number of halogens is 3. The largest absolute Gasteiger partial charge is 0.416 e. The number of alkyl halides is 3. The molecule has 2 aromatic heterocycles. The fraction of sp³-hybridized carbons (Fsp3) is 0.267. The van der Waals surface area contributed by atoms with E-state index in [0.29, 0.717) is 5.65 Å². The standard InChI is InChI=1S/C15H13F3N4O2/c1-21-7-19-12-13(21)20-8-22(14(12)24)6-11(23)9-3-2-4-10(5-9)15(16,17)18/h2-5,7-8,11,23H,6H2,1H3. The van der Waals surface area contributed by atoms with Gasteiger partial charge in [-0.05, 0) is 17.7 Å². The molecular formula is C15H13F3N4O2. The molecule has 0 spiro atoms. The summed E-state index contributed by atoms with van der Waals surface area (Å²) in [5.41, 5.74) is -0.727. The van der Waals surface area contributed by atoms with Crippen molar-refractivity contribution in [1.29, 1.82) is 0 Å². The lowest BCUT2D eigenvalue weighted by atomic mass is 10.1. The van der Waals surface area contributed by atoms with Gasteiger partial charge in [0.25, 0.3) is 5.56 Å². The molecule has 24 heavy (non-hydrogen) atoms. The summed E-state index contributed by atoms with van der Waals surface area (Å²) in [5, 5.41) is 10.2. The third-order valence-electron chi connectivity index (χ3n) is 3.66. The predicted molar refractivity (Wildman–Crippen MR) is 79.2 cm³/mol. The van der Waals surface area contributed by atoms with Gasteiger partial charge in [-0.15, -0.1) is 0 Å². The molecule has 1 aromatic carbocycles. The second-order valence-corrected chi connectivity index (χ2v) is 5.37. The minimum Gasteiger partial charge on any atom is -0.387 e. The van der Waals surface area contributed by atoms with Gasteiger partial charge >= 0.3 is 6.18 Å². The number of fused-ring (bicyclic) bond motifs is 1. The number of benzene rings is 1. The minimum atomic E-state index is -4.50. The molecule has 0 fully saturated rings. The number of hydrogen-bond donors (Lipinski definition) is 1. The SMILES string of the molecule is Cn1cnc2c(=O)n(CC(O)c3cccc(C(F)(F)F)c3)cnc21. The van der Waals surface area contributed by atoms with E-state index >= 15 is 0 Å². The fourth-order valence-corrected chi connectivity index (χ4v) is 2.38. The molecule has 0 bridgehead atoms. The third kappa shape index (κ3) is 2.90. The van der Waals surface area contributed by atoms with Gasteiger partial charge in [-0.25, -0.2) is 9.97 Å². The summed E-state index contributed by atoms with van der Waals surface area (Å²) in [6.45, 7) is -0.223. The van der Waals surface area contributed by atoms with Crippen molar-refractivity contribution in [3.8, 4) is 0 Å². The summed E-state index contributed by atoms with van der Waals surface area (Å²) in [5.74, 6) is 0. The molecule has 0 aliphatic heterocycles. The first kappa shape index (κ1) is 16.2. The van der Waals surface area contributed by atoms with E-state index in [1.165, 1.54) is 24.8 Å². The van der Waals surface area contributed by atoms with E-state index in [1.807, 2.05) is 0 Å². The van der Waals surface area contributed by atoms with Crippen molar-refractivity contribution in [3.05, 3.63) is 58.4 Å². The Kier molecular flexibility index (Phi) is 3.88. The van der Waals surface area contributed by atoms with Gasteiger partial charge in [-0.1, -0.05) is 12.1 Å². The summed E-state index contributed by atoms with van der Waals surface area (Å²) in [6.07, 6.45) is -3.11. The van der Waals surface area contributed by atoms with Crippen LogP contribution in [-0.2, 0) is 19.8 Å². The summed E-state index contributed by atoms with van der Waals surface area (Å²) in [6, 6.07) is 4.37. The second kappa shape index (κ2) is 5.75. The highest BCUT2D eigenvalue weighted by Gasteiger charge is 2.30. The quantitative estimate of drug-likeness (QED) is 0.791. The van der Waals surface area contributed by atoms with Crippen LogP contribution in [0.3, 0.4) is 0 Å². The Morgan fingerprint density at radius 2 is 2.00 bits per heavy atom. The van der Waals surface area contributed by atoms with Crippen LogP contribution < -0.4 is 5.56 Å². The highest BCUT2D eigenvalue weighted by molar-refractivity contribution is 5.68. The van der Waals surface area contributed by atoms with Crippen molar-refractivity contribution in [3.63, 3.8) is 0 Å². The summed E-state index contributed by atoms with van der Waals surface area (Å²) < 4.78 is 40.9. The Balaban J connectivity index is 1.91. The zero-order valence-corrected chi connectivity index (χ0v) is 12.5. The first-order valence-electron chi connectivity index (χ1n) is 6.99. The van der Waals surface area contributed by atoms with Crippen LogP contribution in [0.1, 0.15) is 17.2 Å². The average Bonchev–Trinajstić information content (AvgIpc) is 2.91. The molecule has 0 saturated heterocycles. The lowest BCUT2D eigenvalue weighted by molar-refractivity contribution is -0.137. The monoisotopic (exact) mass is 338 g/mol. The third-order valence-corrected chi connectivity index (χ3v) is 3.66. The Hall–Kier alpha value is -2.68. The molecule has 3 aromatic rings. The maximum atomic E-state index is 12.7. The molecule has 2 heterocycles. The first-order valence-corrected chi connectivity index (χ1v) is 6.99. The summed E-state index contributed by atoms with van der Waals surface area (Å²) in [4.78, 5) is 20.3. The Bertz CT molecular complexity index is 946. The van der Waals surface area contributed by atoms with E-state index in [1.54, 1.807) is 11.6 Å². The van der Waals surface area contributed by atoms with E-state index in [0.717, 1.165) is 16.7 Å². The van der Waals surface area contributed by atoms with Crippen molar-refractivity contribution < 1.29 is 18.3 Å². The molecule has 0 amide bonds. The topological polar surface area (TPSA) is 72.9 Å². The van der Waals surface area contributed by atoms with Crippen LogP contribution >= 0.6 is 0 Å². The molecule has 9 heteroatoms. The van der Waals surface area contributed by atoms with Gasteiger partial charge in [0, 0.05) is 7.05 Å². The summed E-state index contributed by atoms with van der Waals surface area (Å²) in [7, 11) is 1.68. The van der Waals surface area contributed by atoms with E-state index in [-0.39, 0.29) is 17.6 Å². The van der Waals surface area contributed by atoms with Crippen LogP contribution in [0.2, 0.25) is 0 Å². The molecule has 1 N–H and O–H groups in total. The van der Waals surface area contributed by atoms with E-state index < -0.39 is 23.4 Å². The number of nitrogens with zero attached hydrogens (tertiary/aromatic N) is 4. The lowest BCUT2D eigenvalue weighted by Gasteiger charge is -2.14. The van der Waals surface area contributed by atoms with Crippen LogP contribution in [0.5, 0.6) is 0 Å². The zero-order valence-electron chi connectivity index (χ0n) is 12.5. The molecule has 0 aliphatic carbocycles. The number of rotatable bonds is 3. The van der Waals surface area contributed by atoms with E-state index in [9.17, 15) is 23.1 Å². The maximum absolute atomic E-state index is 12.7. The van der Waals surface area contributed by atoms with Crippen LogP contribution in [0.4, 0.5) is 13.2 Å². The van der Waals surface area contributed by atoms with E-state index in [2.05, 4.69) is 9.97 Å². The number of aromatic nitrogens is 4. The van der Waals surface area contributed by atoms with Crippen LogP contribution in [0.25, 0.3) is 11.2 Å². The number of aliphatic hydroxyl groups excluding tert-OH is 1. The van der Waals surface area contributed by atoms with Crippen molar-refractivity contribution in [2.24, 2.45) is 7.05 Å². The highest BCUT2D eigenvalue weighted by atomic mass is 19.4. The molecule has 6 nitrogen and oxygen atoms in total. The minimum absolute atomic E-state index is 0.0674. The lowest BCUT2D eigenvalue weighted by Crippen LogP contribution is -2.24. The number of hydrogen-bond acceptors (Lipinski definition) is 4. The number of imidazole rings is 1. The van der Waals surface area contributed by atoms with Crippen molar-refractivity contribution in [2.45, 2.75) is 18.8 Å². The molecule has 0 aliphatic rings. The first-order chi connectivity index (χ1) is 11.3. The fourth-order valence-electron chi connectivity index (χ4n) is 2.38. The van der Waals surface area contributed by atoms with Gasteiger partial charge in [0.1, 0.15) is 6.33 Å². The van der Waals surface area contributed by atoms with Gasteiger partial charge in [-0.2, -0.15) is 13.2 Å². The maximum Gasteiger partial charge on any atom is 0.416 e. The van der Waals surface area contributed by atoms with Crippen molar-refractivity contribution >= 4 is 11.2 Å². The number of aliphatic hydroxyl groups is 1. The smallest absolute Gasteiger partial charge is 0.387 e. The normalized spacial score (nSPS) is 13.4. The molecular weight excluding hydrogens is 325 g/mol.